The quantitative estimate of drug-likeness (QED) is 0.466. The molecule has 0 atom stereocenters. The summed E-state index contributed by atoms with van der Waals surface area (Å²) in [6.07, 6.45) is 10.3. The van der Waals surface area contributed by atoms with Gasteiger partial charge in [0.25, 0.3) is 0 Å². The summed E-state index contributed by atoms with van der Waals surface area (Å²) in [7, 11) is 0. The molecule has 1 fully saturated rings. The third kappa shape index (κ3) is 4.24. The Labute approximate surface area is 194 Å². The van der Waals surface area contributed by atoms with Crippen molar-refractivity contribution in [1.82, 2.24) is 24.4 Å². The molecule has 4 heterocycles. The van der Waals surface area contributed by atoms with Gasteiger partial charge < -0.3 is 5.11 Å². The van der Waals surface area contributed by atoms with E-state index in [-0.39, 0.29) is 11.1 Å². The highest BCUT2D eigenvalue weighted by atomic mass is 32.2. The summed E-state index contributed by atoms with van der Waals surface area (Å²) in [5.74, 6) is 0.0931. The van der Waals surface area contributed by atoms with Crippen molar-refractivity contribution in [3.63, 3.8) is 0 Å². The molecule has 4 aromatic rings. The van der Waals surface area contributed by atoms with Gasteiger partial charge in [0.2, 0.25) is 0 Å². The third-order valence-corrected chi connectivity index (χ3v) is 7.32. The van der Waals surface area contributed by atoms with Crippen molar-refractivity contribution in [2.45, 2.75) is 55.2 Å². The summed E-state index contributed by atoms with van der Waals surface area (Å²) < 4.78 is 18.0. The van der Waals surface area contributed by atoms with Crippen molar-refractivity contribution in [2.75, 3.05) is 0 Å². The highest BCUT2D eigenvalue weighted by molar-refractivity contribution is 7.99. The lowest BCUT2D eigenvalue weighted by molar-refractivity contribution is 0.103. The molecule has 0 radical (unpaired) electrons. The Bertz CT molecular complexity index is 1350. The van der Waals surface area contributed by atoms with Crippen LogP contribution in [0.1, 0.15) is 36.9 Å². The summed E-state index contributed by atoms with van der Waals surface area (Å²) >= 11 is 1.18. The monoisotopic (exact) mass is 462 g/mol. The SMILES string of the molecule is Cc1c(-c2cc(Sc3ncccc3F)c3c(C#N)cnn3c2)cnn1C[C@H]1CC[C@@H](O)CC1. The molecule has 1 saturated carbocycles. The first-order valence-electron chi connectivity index (χ1n) is 10.9. The van der Waals surface area contributed by atoms with Gasteiger partial charge in [-0.25, -0.2) is 13.9 Å². The predicted octanol–water partition coefficient (Wildman–Crippen LogP) is 4.61. The minimum atomic E-state index is -0.411. The number of pyridine rings is 2. The summed E-state index contributed by atoms with van der Waals surface area (Å²) in [5, 5.41) is 28.5. The average molecular weight is 463 g/mol. The molecule has 1 aliphatic carbocycles. The zero-order chi connectivity index (χ0) is 22.9. The second-order valence-corrected chi connectivity index (χ2v) is 9.48. The number of nitriles is 1. The number of nitrogens with zero attached hydrogens (tertiary/aromatic N) is 6. The molecule has 0 bridgehead atoms. The lowest BCUT2D eigenvalue weighted by atomic mass is 9.87. The highest BCUT2D eigenvalue weighted by Crippen LogP contribution is 2.36. The van der Waals surface area contributed by atoms with Crippen molar-refractivity contribution in [3.8, 4) is 17.2 Å². The molecule has 5 rings (SSSR count). The maximum absolute atomic E-state index is 14.3. The number of hydrogen-bond donors (Lipinski definition) is 1. The Kier molecular flexibility index (Phi) is 5.87. The maximum atomic E-state index is 14.3. The minimum Gasteiger partial charge on any atom is -0.393 e. The molecule has 0 amide bonds. The first kappa shape index (κ1) is 21.6. The second kappa shape index (κ2) is 8.96. The predicted molar refractivity (Wildman–Crippen MR) is 122 cm³/mol. The van der Waals surface area contributed by atoms with E-state index in [9.17, 15) is 14.8 Å². The molecule has 0 spiro atoms. The van der Waals surface area contributed by atoms with Gasteiger partial charge in [-0.3, -0.25) is 4.68 Å². The minimum absolute atomic E-state index is 0.172. The van der Waals surface area contributed by atoms with E-state index in [0.717, 1.165) is 49.0 Å². The van der Waals surface area contributed by atoms with Gasteiger partial charge in [-0.1, -0.05) is 11.8 Å². The fraction of sp³-hybridized carbons (Fsp3) is 0.333. The third-order valence-electron chi connectivity index (χ3n) is 6.29. The smallest absolute Gasteiger partial charge is 0.155 e. The van der Waals surface area contributed by atoms with E-state index >= 15 is 0 Å². The molecule has 4 aromatic heterocycles. The zero-order valence-corrected chi connectivity index (χ0v) is 19.0. The van der Waals surface area contributed by atoms with E-state index in [4.69, 9.17) is 0 Å². The van der Waals surface area contributed by atoms with Crippen molar-refractivity contribution >= 4 is 17.3 Å². The summed E-state index contributed by atoms with van der Waals surface area (Å²) in [5.41, 5.74) is 3.93. The summed E-state index contributed by atoms with van der Waals surface area (Å²) in [6, 6.07) is 7.04. The van der Waals surface area contributed by atoms with Gasteiger partial charge in [-0.2, -0.15) is 15.5 Å². The lowest BCUT2D eigenvalue weighted by Crippen LogP contribution is -2.22. The fourth-order valence-corrected chi connectivity index (χ4v) is 5.40. The van der Waals surface area contributed by atoms with Crippen LogP contribution in [-0.4, -0.2) is 35.6 Å². The molecule has 168 valence electrons. The van der Waals surface area contributed by atoms with Crippen molar-refractivity contribution in [3.05, 3.63) is 60.1 Å². The molecule has 7 nitrogen and oxygen atoms in total. The molecule has 33 heavy (non-hydrogen) atoms. The first-order chi connectivity index (χ1) is 16.0. The van der Waals surface area contributed by atoms with Crippen LogP contribution in [0, 0.1) is 30.0 Å². The average Bonchev–Trinajstić information content (AvgIpc) is 3.40. The molecular weight excluding hydrogens is 439 g/mol. The van der Waals surface area contributed by atoms with Gasteiger partial charge in [0, 0.05) is 40.7 Å². The van der Waals surface area contributed by atoms with Crippen LogP contribution in [0.4, 0.5) is 4.39 Å². The Morgan fingerprint density at radius 3 is 2.82 bits per heavy atom. The number of fused-ring (bicyclic) bond motifs is 1. The number of halogens is 1. The van der Waals surface area contributed by atoms with Crippen LogP contribution in [0.2, 0.25) is 0 Å². The first-order valence-corrected chi connectivity index (χ1v) is 11.8. The Hall–Kier alpha value is -3.22. The van der Waals surface area contributed by atoms with Gasteiger partial charge in [0.1, 0.15) is 11.1 Å². The standard InChI is InChI=1S/C24H23FN6OS/c1-15-20(12-29-30(15)13-16-4-6-19(32)7-5-16)17-9-22(33-24-21(25)3-2-8-27-24)23-18(10-26)11-28-31(23)14-17/h2-3,8-9,11-12,14,16,19,32H,4-7,13H2,1H3/t16-,19+. The van der Waals surface area contributed by atoms with Crippen molar-refractivity contribution < 1.29 is 9.50 Å². The van der Waals surface area contributed by atoms with E-state index in [1.807, 2.05) is 30.1 Å². The lowest BCUT2D eigenvalue weighted by Gasteiger charge is -2.25. The molecule has 1 N–H and O–H groups in total. The van der Waals surface area contributed by atoms with E-state index in [1.165, 1.54) is 24.0 Å². The largest absolute Gasteiger partial charge is 0.393 e. The normalized spacial score (nSPS) is 18.5. The molecule has 1 aliphatic rings. The molecule has 0 unspecified atom stereocenters. The molecule has 0 aliphatic heterocycles. The molecule has 0 aromatic carbocycles. The maximum Gasteiger partial charge on any atom is 0.155 e. The number of aliphatic hydroxyl groups is 1. The Morgan fingerprint density at radius 2 is 2.06 bits per heavy atom. The van der Waals surface area contributed by atoms with Crippen LogP contribution in [0.3, 0.4) is 0 Å². The van der Waals surface area contributed by atoms with Gasteiger partial charge in [0.05, 0.1) is 29.6 Å². The van der Waals surface area contributed by atoms with E-state index in [0.29, 0.717) is 21.9 Å². The highest BCUT2D eigenvalue weighted by Gasteiger charge is 2.22. The number of aliphatic hydroxyl groups excluding tert-OH is 1. The molecule has 0 saturated heterocycles. The van der Waals surface area contributed by atoms with Gasteiger partial charge in [0.15, 0.2) is 5.82 Å². The van der Waals surface area contributed by atoms with Crippen LogP contribution < -0.4 is 0 Å². The van der Waals surface area contributed by atoms with Crippen LogP contribution >= 0.6 is 11.8 Å². The van der Waals surface area contributed by atoms with Crippen LogP contribution in [0.5, 0.6) is 0 Å². The van der Waals surface area contributed by atoms with E-state index in [1.54, 1.807) is 16.8 Å². The summed E-state index contributed by atoms with van der Waals surface area (Å²) in [6.45, 7) is 2.86. The van der Waals surface area contributed by atoms with Gasteiger partial charge >= 0.3 is 0 Å². The number of aromatic nitrogens is 5. The molecular formula is C24H23FN6OS. The van der Waals surface area contributed by atoms with Crippen LogP contribution in [0.25, 0.3) is 16.6 Å². The van der Waals surface area contributed by atoms with Crippen LogP contribution in [0.15, 0.2) is 52.9 Å². The molecule has 9 heteroatoms. The Morgan fingerprint density at radius 1 is 1.24 bits per heavy atom. The van der Waals surface area contributed by atoms with Crippen LogP contribution in [-0.2, 0) is 6.54 Å². The Balaban J connectivity index is 1.52. The zero-order valence-electron chi connectivity index (χ0n) is 18.1. The van der Waals surface area contributed by atoms with Crippen molar-refractivity contribution in [1.29, 1.82) is 5.26 Å². The topological polar surface area (TPSA) is 92.0 Å². The number of rotatable bonds is 5. The van der Waals surface area contributed by atoms with Gasteiger partial charge in [-0.05, 0) is 56.7 Å². The summed E-state index contributed by atoms with van der Waals surface area (Å²) in [4.78, 5) is 4.86. The van der Waals surface area contributed by atoms with E-state index in [2.05, 4.69) is 21.3 Å². The van der Waals surface area contributed by atoms with Crippen molar-refractivity contribution in [2.24, 2.45) is 5.92 Å². The fourth-order valence-electron chi connectivity index (χ4n) is 4.43. The van der Waals surface area contributed by atoms with Gasteiger partial charge in [-0.15, -0.1) is 0 Å². The second-order valence-electron chi connectivity index (χ2n) is 8.45. The number of hydrogen-bond acceptors (Lipinski definition) is 6. The van der Waals surface area contributed by atoms with E-state index < -0.39 is 5.82 Å².